The van der Waals surface area contributed by atoms with Crippen molar-refractivity contribution in [3.63, 3.8) is 0 Å². The van der Waals surface area contributed by atoms with Crippen LogP contribution in [0.1, 0.15) is 17.0 Å². The van der Waals surface area contributed by atoms with Gasteiger partial charge in [0.25, 0.3) is 0 Å². The molecule has 2 N–H and O–H groups in total. The summed E-state index contributed by atoms with van der Waals surface area (Å²) >= 11 is 0. The first-order chi connectivity index (χ1) is 6.09. The third-order valence-electron chi connectivity index (χ3n) is 2.48. The van der Waals surface area contributed by atoms with Gasteiger partial charge in [-0.05, 0) is 44.0 Å². The Bertz CT molecular complexity index is 468. The SMILES string of the molecule is Cc1cc2nc(C)n(N)c2cc1C. The number of hydrogen-bond donors (Lipinski definition) is 1. The lowest BCUT2D eigenvalue weighted by Gasteiger charge is -2.00. The molecule has 3 heteroatoms. The first-order valence-electron chi connectivity index (χ1n) is 4.31. The molecule has 68 valence electrons. The maximum Gasteiger partial charge on any atom is 0.125 e. The molecular weight excluding hydrogens is 162 g/mol. The van der Waals surface area contributed by atoms with Gasteiger partial charge >= 0.3 is 0 Å². The van der Waals surface area contributed by atoms with Gasteiger partial charge in [-0.2, -0.15) is 0 Å². The Morgan fingerprint density at radius 3 is 2.46 bits per heavy atom. The van der Waals surface area contributed by atoms with Crippen LogP contribution in [0.5, 0.6) is 0 Å². The smallest absolute Gasteiger partial charge is 0.125 e. The number of hydrogen-bond acceptors (Lipinski definition) is 2. The van der Waals surface area contributed by atoms with Gasteiger partial charge in [-0.3, -0.25) is 0 Å². The van der Waals surface area contributed by atoms with Crippen molar-refractivity contribution < 1.29 is 0 Å². The minimum absolute atomic E-state index is 0.847. The molecule has 1 aromatic heterocycles. The largest absolute Gasteiger partial charge is 0.337 e. The lowest BCUT2D eigenvalue weighted by molar-refractivity contribution is 0.955. The van der Waals surface area contributed by atoms with Crippen molar-refractivity contribution in [2.45, 2.75) is 20.8 Å². The zero-order valence-electron chi connectivity index (χ0n) is 8.13. The molecule has 0 fully saturated rings. The van der Waals surface area contributed by atoms with Crippen LogP contribution in [0.15, 0.2) is 12.1 Å². The van der Waals surface area contributed by atoms with Crippen LogP contribution in [0.4, 0.5) is 0 Å². The van der Waals surface area contributed by atoms with Crippen LogP contribution in [-0.2, 0) is 0 Å². The van der Waals surface area contributed by atoms with Gasteiger partial charge in [0.1, 0.15) is 5.82 Å². The molecular formula is C10H13N3. The van der Waals surface area contributed by atoms with Crippen molar-refractivity contribution in [1.29, 1.82) is 0 Å². The first-order valence-corrected chi connectivity index (χ1v) is 4.31. The summed E-state index contributed by atoms with van der Waals surface area (Å²) in [6, 6.07) is 4.14. The van der Waals surface area contributed by atoms with E-state index in [-0.39, 0.29) is 0 Å². The summed E-state index contributed by atoms with van der Waals surface area (Å²) in [5.41, 5.74) is 4.48. The lowest BCUT2D eigenvalue weighted by Crippen LogP contribution is -2.09. The van der Waals surface area contributed by atoms with Crippen molar-refractivity contribution in [2.24, 2.45) is 0 Å². The summed E-state index contributed by atoms with van der Waals surface area (Å²) in [4.78, 5) is 4.35. The van der Waals surface area contributed by atoms with E-state index in [1.807, 2.05) is 6.92 Å². The third kappa shape index (κ3) is 1.08. The minimum atomic E-state index is 0.847. The summed E-state index contributed by atoms with van der Waals surface area (Å²) in [5.74, 6) is 6.66. The van der Waals surface area contributed by atoms with Crippen LogP contribution in [-0.4, -0.2) is 9.66 Å². The second-order valence-corrected chi connectivity index (χ2v) is 3.45. The molecule has 0 spiro atoms. The van der Waals surface area contributed by atoms with Crippen LogP contribution >= 0.6 is 0 Å². The second kappa shape index (κ2) is 2.49. The number of nitrogen functional groups attached to an aromatic ring is 1. The molecule has 0 bridgehead atoms. The van der Waals surface area contributed by atoms with Gasteiger partial charge in [-0.15, -0.1) is 0 Å². The average molecular weight is 175 g/mol. The fraction of sp³-hybridized carbons (Fsp3) is 0.300. The molecule has 0 saturated heterocycles. The van der Waals surface area contributed by atoms with E-state index in [1.54, 1.807) is 4.68 Å². The van der Waals surface area contributed by atoms with Gasteiger partial charge in [-0.1, -0.05) is 0 Å². The molecule has 3 nitrogen and oxygen atoms in total. The highest BCUT2D eigenvalue weighted by atomic mass is 15.3. The normalized spacial score (nSPS) is 11.0. The highest BCUT2D eigenvalue weighted by Crippen LogP contribution is 2.18. The van der Waals surface area contributed by atoms with E-state index in [2.05, 4.69) is 31.0 Å². The zero-order chi connectivity index (χ0) is 9.59. The van der Waals surface area contributed by atoms with Gasteiger partial charge in [0.2, 0.25) is 0 Å². The zero-order valence-corrected chi connectivity index (χ0v) is 8.13. The fourth-order valence-corrected chi connectivity index (χ4v) is 1.47. The molecule has 0 saturated carbocycles. The summed E-state index contributed by atoms with van der Waals surface area (Å²) in [5, 5.41) is 0. The Kier molecular flexibility index (Phi) is 1.55. The molecule has 0 aliphatic heterocycles. The first kappa shape index (κ1) is 8.10. The van der Waals surface area contributed by atoms with Crippen LogP contribution in [0.25, 0.3) is 11.0 Å². The molecule has 0 amide bonds. The van der Waals surface area contributed by atoms with Gasteiger partial charge in [0, 0.05) is 0 Å². The van der Waals surface area contributed by atoms with Crippen LogP contribution in [0, 0.1) is 20.8 Å². The number of aryl methyl sites for hydroxylation is 3. The summed E-state index contributed by atoms with van der Waals surface area (Å²) in [6.45, 7) is 6.07. The number of nitrogens with zero attached hydrogens (tertiary/aromatic N) is 2. The monoisotopic (exact) mass is 175 g/mol. The van der Waals surface area contributed by atoms with E-state index in [0.29, 0.717) is 0 Å². The second-order valence-electron chi connectivity index (χ2n) is 3.45. The third-order valence-corrected chi connectivity index (χ3v) is 2.48. The topological polar surface area (TPSA) is 43.8 Å². The minimum Gasteiger partial charge on any atom is -0.337 e. The fourth-order valence-electron chi connectivity index (χ4n) is 1.47. The average Bonchev–Trinajstić information content (AvgIpc) is 2.32. The molecule has 2 rings (SSSR count). The van der Waals surface area contributed by atoms with E-state index in [4.69, 9.17) is 5.84 Å². The van der Waals surface area contributed by atoms with E-state index >= 15 is 0 Å². The number of aromatic nitrogens is 2. The predicted molar refractivity (Wildman–Crippen MR) is 54.1 cm³/mol. The van der Waals surface area contributed by atoms with Gasteiger partial charge in [0.05, 0.1) is 11.0 Å². The van der Waals surface area contributed by atoms with Crippen molar-refractivity contribution in [3.8, 4) is 0 Å². The molecule has 1 aromatic carbocycles. The van der Waals surface area contributed by atoms with Crippen molar-refractivity contribution in [2.75, 3.05) is 5.84 Å². The van der Waals surface area contributed by atoms with Gasteiger partial charge in [0.15, 0.2) is 0 Å². The molecule has 0 unspecified atom stereocenters. The quantitative estimate of drug-likeness (QED) is 0.619. The van der Waals surface area contributed by atoms with E-state index in [0.717, 1.165) is 16.9 Å². The van der Waals surface area contributed by atoms with E-state index in [9.17, 15) is 0 Å². The summed E-state index contributed by atoms with van der Waals surface area (Å²) in [7, 11) is 0. The Hall–Kier alpha value is -1.51. The number of fused-ring (bicyclic) bond motifs is 1. The molecule has 2 aromatic rings. The van der Waals surface area contributed by atoms with Crippen molar-refractivity contribution in [3.05, 3.63) is 29.1 Å². The van der Waals surface area contributed by atoms with Crippen molar-refractivity contribution in [1.82, 2.24) is 9.66 Å². The predicted octanol–water partition coefficient (Wildman–Crippen LogP) is 1.68. The van der Waals surface area contributed by atoms with Crippen molar-refractivity contribution >= 4 is 11.0 Å². The molecule has 0 atom stereocenters. The van der Waals surface area contributed by atoms with Crippen LogP contribution in [0.2, 0.25) is 0 Å². The molecule has 1 heterocycles. The molecule has 0 aliphatic rings. The number of nitrogens with two attached hydrogens (primary N) is 1. The van der Waals surface area contributed by atoms with Gasteiger partial charge in [-0.25, -0.2) is 9.66 Å². The van der Waals surface area contributed by atoms with Gasteiger partial charge < -0.3 is 5.84 Å². The Morgan fingerprint density at radius 1 is 1.15 bits per heavy atom. The molecule has 0 aliphatic carbocycles. The van der Waals surface area contributed by atoms with E-state index < -0.39 is 0 Å². The van der Waals surface area contributed by atoms with Crippen LogP contribution in [0.3, 0.4) is 0 Å². The Labute approximate surface area is 77.2 Å². The lowest BCUT2D eigenvalue weighted by atomic mass is 10.1. The highest BCUT2D eigenvalue weighted by molar-refractivity contribution is 5.78. The maximum atomic E-state index is 5.81. The summed E-state index contributed by atoms with van der Waals surface area (Å²) in [6.07, 6.45) is 0. The standard InChI is InChI=1S/C10H13N3/c1-6-4-9-10(5-7(6)2)13(11)8(3)12-9/h4-5H,11H2,1-3H3. The molecule has 13 heavy (non-hydrogen) atoms. The maximum absolute atomic E-state index is 5.81. The Balaban J connectivity index is 2.89. The highest BCUT2D eigenvalue weighted by Gasteiger charge is 2.05. The summed E-state index contributed by atoms with van der Waals surface area (Å²) < 4.78 is 1.63. The Morgan fingerprint density at radius 2 is 1.77 bits per heavy atom. The molecule has 0 radical (unpaired) electrons. The van der Waals surface area contributed by atoms with Crippen LogP contribution < -0.4 is 5.84 Å². The number of rotatable bonds is 0. The van der Waals surface area contributed by atoms with E-state index in [1.165, 1.54) is 11.1 Å². The number of imidazole rings is 1. The number of benzene rings is 1.